The van der Waals surface area contributed by atoms with Crippen LogP contribution < -0.4 is 11.1 Å². The average Bonchev–Trinajstić information content (AvgIpc) is 2.45. The van der Waals surface area contributed by atoms with Gasteiger partial charge < -0.3 is 16.3 Å². The highest BCUT2D eigenvalue weighted by molar-refractivity contribution is 6.06. The molecule has 0 unspecified atom stereocenters. The first-order valence-electron chi connectivity index (χ1n) is 6.23. The summed E-state index contributed by atoms with van der Waals surface area (Å²) >= 11 is 0. The van der Waals surface area contributed by atoms with E-state index in [1.165, 1.54) is 0 Å². The molecule has 0 saturated heterocycles. The van der Waals surface area contributed by atoms with Gasteiger partial charge in [-0.05, 0) is 19.1 Å². The monoisotopic (exact) mass is 272 g/mol. The van der Waals surface area contributed by atoms with Crippen molar-refractivity contribution in [2.45, 2.75) is 13.3 Å². The van der Waals surface area contributed by atoms with Crippen LogP contribution in [0.1, 0.15) is 22.5 Å². The third-order valence-electron chi connectivity index (χ3n) is 2.88. The zero-order valence-corrected chi connectivity index (χ0v) is 11.1. The number of rotatable bonds is 4. The molecule has 4 N–H and O–H groups in total. The third kappa shape index (κ3) is 3.03. The predicted molar refractivity (Wildman–Crippen MR) is 76.8 cm³/mol. The number of nitrogens with two attached hydrogens (primary N) is 1. The molecule has 2 rings (SSSR count). The minimum Gasteiger partial charge on any atom is -0.409 e. The molecule has 6 heteroatoms. The molecular weight excluding hydrogens is 256 g/mol. The molecule has 1 amide bonds. The Morgan fingerprint density at radius 3 is 2.95 bits per heavy atom. The summed E-state index contributed by atoms with van der Waals surface area (Å²) in [6, 6.07) is 9.23. The van der Waals surface area contributed by atoms with Gasteiger partial charge in [-0.2, -0.15) is 0 Å². The molecule has 0 aliphatic carbocycles. The number of amides is 1. The summed E-state index contributed by atoms with van der Waals surface area (Å²) < 4.78 is 0. The van der Waals surface area contributed by atoms with Gasteiger partial charge in [-0.15, -0.1) is 0 Å². The van der Waals surface area contributed by atoms with Gasteiger partial charge in [0, 0.05) is 24.0 Å². The van der Waals surface area contributed by atoms with E-state index in [0.717, 1.165) is 16.6 Å². The number of aryl methyl sites for hydroxylation is 1. The number of hydrogen-bond donors (Lipinski definition) is 3. The van der Waals surface area contributed by atoms with Crippen LogP contribution in [0.4, 0.5) is 0 Å². The molecule has 0 radical (unpaired) electrons. The number of para-hydroxylation sites is 1. The first kappa shape index (κ1) is 13.8. The SMILES string of the molecule is Cc1cc(C(=O)NCCC(N)=NO)c2ccccc2n1. The van der Waals surface area contributed by atoms with Gasteiger partial charge in [-0.25, -0.2) is 0 Å². The Balaban J connectivity index is 2.21. The van der Waals surface area contributed by atoms with Gasteiger partial charge in [-0.3, -0.25) is 9.78 Å². The quantitative estimate of drug-likeness (QED) is 0.339. The highest BCUT2D eigenvalue weighted by atomic mass is 16.4. The van der Waals surface area contributed by atoms with Crippen molar-refractivity contribution in [2.24, 2.45) is 10.9 Å². The summed E-state index contributed by atoms with van der Waals surface area (Å²) in [6.07, 6.45) is 0.296. The number of oxime groups is 1. The summed E-state index contributed by atoms with van der Waals surface area (Å²) in [5.74, 6) is -0.112. The molecule has 0 spiro atoms. The van der Waals surface area contributed by atoms with Crippen molar-refractivity contribution in [1.82, 2.24) is 10.3 Å². The van der Waals surface area contributed by atoms with E-state index in [4.69, 9.17) is 10.9 Å². The number of fused-ring (bicyclic) bond motifs is 1. The van der Waals surface area contributed by atoms with E-state index >= 15 is 0 Å². The topological polar surface area (TPSA) is 101 Å². The first-order valence-corrected chi connectivity index (χ1v) is 6.23. The van der Waals surface area contributed by atoms with Crippen molar-refractivity contribution in [2.75, 3.05) is 6.54 Å². The van der Waals surface area contributed by atoms with Crippen LogP contribution in [-0.4, -0.2) is 28.5 Å². The minimum absolute atomic E-state index is 0.0843. The van der Waals surface area contributed by atoms with E-state index in [2.05, 4.69) is 15.5 Å². The predicted octanol–water partition coefficient (Wildman–Crippen LogP) is 1.41. The number of pyridine rings is 1. The normalized spacial score (nSPS) is 11.6. The second-order valence-electron chi connectivity index (χ2n) is 4.43. The lowest BCUT2D eigenvalue weighted by molar-refractivity contribution is 0.0956. The zero-order valence-electron chi connectivity index (χ0n) is 11.1. The largest absolute Gasteiger partial charge is 0.409 e. The molecule has 0 atom stereocenters. The fourth-order valence-corrected chi connectivity index (χ4v) is 1.94. The van der Waals surface area contributed by atoms with Crippen LogP contribution in [0.25, 0.3) is 10.9 Å². The molecule has 0 fully saturated rings. The second-order valence-corrected chi connectivity index (χ2v) is 4.43. The lowest BCUT2D eigenvalue weighted by atomic mass is 10.1. The number of nitrogens with zero attached hydrogens (tertiary/aromatic N) is 2. The van der Waals surface area contributed by atoms with Gasteiger partial charge in [0.1, 0.15) is 5.84 Å². The molecule has 2 aromatic rings. The number of nitrogens with one attached hydrogen (secondary N) is 1. The maximum Gasteiger partial charge on any atom is 0.252 e. The highest BCUT2D eigenvalue weighted by Gasteiger charge is 2.11. The summed E-state index contributed by atoms with van der Waals surface area (Å²) in [6.45, 7) is 2.16. The minimum atomic E-state index is -0.197. The third-order valence-corrected chi connectivity index (χ3v) is 2.88. The number of carbonyl (C=O) groups is 1. The van der Waals surface area contributed by atoms with Crippen molar-refractivity contribution < 1.29 is 10.0 Å². The number of benzene rings is 1. The van der Waals surface area contributed by atoms with Crippen LogP contribution in [0.15, 0.2) is 35.5 Å². The standard InChI is InChI=1S/C14H16N4O2/c1-9-8-11(10-4-2-3-5-12(10)17-9)14(19)16-7-6-13(15)18-20/h2-5,8,20H,6-7H2,1H3,(H2,15,18)(H,16,19). The Morgan fingerprint density at radius 1 is 1.45 bits per heavy atom. The van der Waals surface area contributed by atoms with Crippen molar-refractivity contribution >= 4 is 22.6 Å². The lowest BCUT2D eigenvalue weighted by Gasteiger charge is -2.08. The number of amidine groups is 1. The van der Waals surface area contributed by atoms with Gasteiger partial charge in [0.05, 0.1) is 11.1 Å². The van der Waals surface area contributed by atoms with Crippen LogP contribution in [0.2, 0.25) is 0 Å². The van der Waals surface area contributed by atoms with Crippen molar-refractivity contribution in [3.63, 3.8) is 0 Å². The second kappa shape index (κ2) is 6.01. The van der Waals surface area contributed by atoms with E-state index in [1.54, 1.807) is 6.07 Å². The molecule has 20 heavy (non-hydrogen) atoms. The van der Waals surface area contributed by atoms with Gasteiger partial charge >= 0.3 is 0 Å². The first-order chi connectivity index (χ1) is 9.61. The van der Waals surface area contributed by atoms with Crippen molar-refractivity contribution in [1.29, 1.82) is 0 Å². The van der Waals surface area contributed by atoms with Crippen LogP contribution in [-0.2, 0) is 0 Å². The number of hydrogen-bond acceptors (Lipinski definition) is 4. The van der Waals surface area contributed by atoms with Crippen molar-refractivity contribution in [3.8, 4) is 0 Å². The molecular formula is C14H16N4O2. The Kier molecular flexibility index (Phi) is 4.14. The Hall–Kier alpha value is -2.63. The molecule has 1 aromatic carbocycles. The highest BCUT2D eigenvalue weighted by Crippen LogP contribution is 2.17. The molecule has 0 aliphatic rings. The molecule has 0 bridgehead atoms. The summed E-state index contributed by atoms with van der Waals surface area (Å²) in [5, 5.41) is 14.8. The van der Waals surface area contributed by atoms with E-state index < -0.39 is 0 Å². The van der Waals surface area contributed by atoms with E-state index in [0.29, 0.717) is 18.5 Å². The van der Waals surface area contributed by atoms with Gasteiger partial charge in [0.25, 0.3) is 5.91 Å². The van der Waals surface area contributed by atoms with Gasteiger partial charge in [0.15, 0.2) is 0 Å². The smallest absolute Gasteiger partial charge is 0.252 e. The Morgan fingerprint density at radius 2 is 2.20 bits per heavy atom. The Bertz CT molecular complexity index is 667. The lowest BCUT2D eigenvalue weighted by Crippen LogP contribution is -2.28. The summed E-state index contributed by atoms with van der Waals surface area (Å²) in [4.78, 5) is 16.6. The van der Waals surface area contributed by atoms with Crippen LogP contribution in [0.5, 0.6) is 0 Å². The number of aromatic nitrogens is 1. The molecule has 6 nitrogen and oxygen atoms in total. The Labute approximate surface area is 116 Å². The van der Waals surface area contributed by atoms with E-state index in [1.807, 2.05) is 31.2 Å². The van der Waals surface area contributed by atoms with E-state index in [-0.39, 0.29) is 11.7 Å². The maximum atomic E-state index is 12.2. The van der Waals surface area contributed by atoms with Gasteiger partial charge in [-0.1, -0.05) is 23.4 Å². The zero-order chi connectivity index (χ0) is 14.5. The van der Waals surface area contributed by atoms with Crippen LogP contribution >= 0.6 is 0 Å². The van der Waals surface area contributed by atoms with Gasteiger partial charge in [0.2, 0.25) is 0 Å². The summed E-state index contributed by atoms with van der Waals surface area (Å²) in [5.41, 5.74) is 7.50. The summed E-state index contributed by atoms with van der Waals surface area (Å²) in [7, 11) is 0. The molecule has 104 valence electrons. The van der Waals surface area contributed by atoms with Crippen molar-refractivity contribution in [3.05, 3.63) is 41.6 Å². The molecule has 0 aliphatic heterocycles. The average molecular weight is 272 g/mol. The molecule has 0 saturated carbocycles. The van der Waals surface area contributed by atoms with Crippen LogP contribution in [0, 0.1) is 6.92 Å². The fourth-order valence-electron chi connectivity index (χ4n) is 1.94. The maximum absolute atomic E-state index is 12.2. The van der Waals surface area contributed by atoms with Crippen LogP contribution in [0.3, 0.4) is 0 Å². The molecule has 1 heterocycles. The van der Waals surface area contributed by atoms with E-state index in [9.17, 15) is 4.79 Å². The fraction of sp³-hybridized carbons (Fsp3) is 0.214. The molecule has 1 aromatic heterocycles. The number of carbonyl (C=O) groups excluding carboxylic acids is 1.